The molecule has 1 heterocycles. The number of carboxylic acids is 1. The van der Waals surface area contributed by atoms with Crippen molar-refractivity contribution >= 4 is 23.4 Å². The molecule has 0 aliphatic carbocycles. The molecule has 98 valence electrons. The van der Waals surface area contributed by atoms with Crippen LogP contribution in [-0.2, 0) is 6.54 Å². The van der Waals surface area contributed by atoms with Gasteiger partial charge in [0.2, 0.25) is 0 Å². The van der Waals surface area contributed by atoms with Gasteiger partial charge < -0.3 is 10.4 Å². The zero-order valence-corrected chi connectivity index (χ0v) is 10.9. The summed E-state index contributed by atoms with van der Waals surface area (Å²) >= 11 is 1.03. The molecule has 1 aromatic heterocycles. The fourth-order valence-electron chi connectivity index (χ4n) is 1.52. The lowest BCUT2D eigenvalue weighted by Crippen LogP contribution is -2.22. The summed E-state index contributed by atoms with van der Waals surface area (Å²) in [5.74, 6) is -1.25. The number of carbonyl (C=O) groups excluding carboxylic acids is 1. The van der Waals surface area contributed by atoms with E-state index in [1.54, 1.807) is 19.1 Å². The fraction of sp³-hybridized carbons (Fsp3) is 0.167. The SMILES string of the molecule is Cc1nnsc1C(=O)NCc1cccc(C(=O)O)c1. The van der Waals surface area contributed by atoms with Crippen LogP contribution in [0.2, 0.25) is 0 Å². The van der Waals surface area contributed by atoms with Crippen molar-refractivity contribution in [2.75, 3.05) is 0 Å². The predicted molar refractivity (Wildman–Crippen MR) is 69.2 cm³/mol. The number of carbonyl (C=O) groups is 2. The molecule has 0 aliphatic heterocycles. The molecule has 1 amide bonds. The van der Waals surface area contributed by atoms with Crippen LogP contribution < -0.4 is 5.32 Å². The van der Waals surface area contributed by atoms with E-state index >= 15 is 0 Å². The minimum Gasteiger partial charge on any atom is -0.478 e. The zero-order valence-electron chi connectivity index (χ0n) is 10.1. The Hall–Kier alpha value is -2.28. The van der Waals surface area contributed by atoms with Crippen molar-refractivity contribution < 1.29 is 14.7 Å². The number of nitrogens with zero attached hydrogens (tertiary/aromatic N) is 2. The third kappa shape index (κ3) is 3.14. The summed E-state index contributed by atoms with van der Waals surface area (Å²) in [6.07, 6.45) is 0. The van der Waals surface area contributed by atoms with Gasteiger partial charge in [0, 0.05) is 6.54 Å². The predicted octanol–water partition coefficient (Wildman–Crippen LogP) is 1.47. The third-order valence-electron chi connectivity index (χ3n) is 2.48. The highest BCUT2D eigenvalue weighted by molar-refractivity contribution is 7.07. The molecule has 2 aromatic rings. The van der Waals surface area contributed by atoms with Gasteiger partial charge in [-0.1, -0.05) is 16.6 Å². The van der Waals surface area contributed by atoms with Gasteiger partial charge in [-0.3, -0.25) is 4.79 Å². The van der Waals surface area contributed by atoms with E-state index < -0.39 is 5.97 Å². The van der Waals surface area contributed by atoms with Gasteiger partial charge in [-0.05, 0) is 36.2 Å². The third-order valence-corrected chi connectivity index (χ3v) is 3.31. The summed E-state index contributed by atoms with van der Waals surface area (Å²) in [5, 5.41) is 15.3. The van der Waals surface area contributed by atoms with Crippen molar-refractivity contribution in [3.8, 4) is 0 Å². The summed E-state index contributed by atoms with van der Waals surface area (Å²) in [6, 6.07) is 6.43. The molecule has 0 fully saturated rings. The Morgan fingerprint density at radius 1 is 1.42 bits per heavy atom. The van der Waals surface area contributed by atoms with E-state index in [1.165, 1.54) is 12.1 Å². The van der Waals surface area contributed by atoms with Crippen LogP contribution in [-0.4, -0.2) is 26.6 Å². The first-order chi connectivity index (χ1) is 9.08. The molecule has 0 unspecified atom stereocenters. The van der Waals surface area contributed by atoms with Gasteiger partial charge in [0.15, 0.2) is 0 Å². The quantitative estimate of drug-likeness (QED) is 0.883. The lowest BCUT2D eigenvalue weighted by Gasteiger charge is -2.04. The van der Waals surface area contributed by atoms with Crippen LogP contribution in [0.1, 0.15) is 31.3 Å². The summed E-state index contributed by atoms with van der Waals surface area (Å²) in [5.41, 5.74) is 1.51. The summed E-state index contributed by atoms with van der Waals surface area (Å²) < 4.78 is 3.69. The molecule has 2 N–H and O–H groups in total. The number of amides is 1. The number of hydrogen-bond donors (Lipinski definition) is 2. The molecular weight excluding hydrogens is 266 g/mol. The van der Waals surface area contributed by atoms with E-state index in [0.717, 1.165) is 17.1 Å². The Kier molecular flexibility index (Phi) is 3.86. The van der Waals surface area contributed by atoms with Crippen molar-refractivity contribution in [2.24, 2.45) is 0 Å². The van der Waals surface area contributed by atoms with Crippen LogP contribution >= 0.6 is 11.5 Å². The first kappa shape index (κ1) is 13.2. The van der Waals surface area contributed by atoms with Crippen LogP contribution in [0.3, 0.4) is 0 Å². The fourth-order valence-corrected chi connectivity index (χ4v) is 2.09. The molecule has 0 saturated carbocycles. The highest BCUT2D eigenvalue weighted by Crippen LogP contribution is 2.10. The smallest absolute Gasteiger partial charge is 0.335 e. The van der Waals surface area contributed by atoms with E-state index in [2.05, 4.69) is 14.9 Å². The number of aryl methyl sites for hydroxylation is 1. The first-order valence-electron chi connectivity index (χ1n) is 5.47. The molecular formula is C12H11N3O3S. The van der Waals surface area contributed by atoms with E-state index in [-0.39, 0.29) is 18.0 Å². The molecule has 0 spiro atoms. The maximum Gasteiger partial charge on any atom is 0.335 e. The van der Waals surface area contributed by atoms with Gasteiger partial charge in [-0.25, -0.2) is 4.79 Å². The Bertz CT molecular complexity index is 624. The number of aromatic carboxylic acids is 1. The summed E-state index contributed by atoms with van der Waals surface area (Å²) in [7, 11) is 0. The highest BCUT2D eigenvalue weighted by Gasteiger charge is 2.12. The molecule has 0 saturated heterocycles. The maximum atomic E-state index is 11.8. The maximum absolute atomic E-state index is 11.8. The van der Waals surface area contributed by atoms with E-state index in [9.17, 15) is 9.59 Å². The van der Waals surface area contributed by atoms with Gasteiger partial charge in [0.25, 0.3) is 5.91 Å². The van der Waals surface area contributed by atoms with E-state index in [4.69, 9.17) is 5.11 Å². The van der Waals surface area contributed by atoms with Gasteiger partial charge in [-0.2, -0.15) is 0 Å². The van der Waals surface area contributed by atoms with E-state index in [0.29, 0.717) is 10.6 Å². The van der Waals surface area contributed by atoms with Crippen molar-refractivity contribution in [3.05, 3.63) is 46.0 Å². The number of hydrogen-bond acceptors (Lipinski definition) is 5. The second-order valence-corrected chi connectivity index (χ2v) is 4.63. The van der Waals surface area contributed by atoms with Crippen LogP contribution in [0.4, 0.5) is 0 Å². The highest BCUT2D eigenvalue weighted by atomic mass is 32.1. The van der Waals surface area contributed by atoms with Crippen molar-refractivity contribution in [1.82, 2.24) is 14.9 Å². The monoisotopic (exact) mass is 277 g/mol. The van der Waals surface area contributed by atoms with Gasteiger partial charge in [0.05, 0.1) is 11.3 Å². The molecule has 0 aliphatic rings. The Morgan fingerprint density at radius 2 is 2.21 bits per heavy atom. The minimum atomic E-state index is -0.990. The second kappa shape index (κ2) is 5.57. The standard InChI is InChI=1S/C12H11N3O3S/c1-7-10(19-15-14-7)11(16)13-6-8-3-2-4-9(5-8)12(17)18/h2-5H,6H2,1H3,(H,13,16)(H,17,18). The number of carboxylic acid groups (broad SMARTS) is 1. The summed E-state index contributed by atoms with van der Waals surface area (Å²) in [6.45, 7) is 1.97. The Morgan fingerprint density at radius 3 is 2.84 bits per heavy atom. The van der Waals surface area contributed by atoms with E-state index in [1.807, 2.05) is 0 Å². The topological polar surface area (TPSA) is 92.2 Å². The van der Waals surface area contributed by atoms with Crippen molar-refractivity contribution in [3.63, 3.8) is 0 Å². The van der Waals surface area contributed by atoms with Crippen LogP contribution in [0, 0.1) is 6.92 Å². The van der Waals surface area contributed by atoms with Crippen LogP contribution in [0.15, 0.2) is 24.3 Å². The molecule has 0 atom stereocenters. The number of benzene rings is 1. The van der Waals surface area contributed by atoms with Crippen molar-refractivity contribution in [1.29, 1.82) is 0 Å². The largest absolute Gasteiger partial charge is 0.478 e. The Labute approximate surface area is 113 Å². The van der Waals surface area contributed by atoms with Gasteiger partial charge in [-0.15, -0.1) is 5.10 Å². The molecule has 1 aromatic carbocycles. The van der Waals surface area contributed by atoms with Crippen LogP contribution in [0.25, 0.3) is 0 Å². The number of nitrogens with one attached hydrogen (secondary N) is 1. The number of rotatable bonds is 4. The molecule has 0 bridgehead atoms. The first-order valence-corrected chi connectivity index (χ1v) is 6.24. The van der Waals surface area contributed by atoms with Crippen LogP contribution in [0.5, 0.6) is 0 Å². The second-order valence-electron chi connectivity index (χ2n) is 3.88. The minimum absolute atomic E-state index is 0.197. The average Bonchev–Trinajstić information content (AvgIpc) is 2.82. The molecule has 0 radical (unpaired) electrons. The van der Waals surface area contributed by atoms with Gasteiger partial charge >= 0.3 is 5.97 Å². The normalized spacial score (nSPS) is 10.2. The molecule has 19 heavy (non-hydrogen) atoms. The molecule has 2 rings (SSSR count). The lowest BCUT2D eigenvalue weighted by atomic mass is 10.1. The lowest BCUT2D eigenvalue weighted by molar-refractivity contribution is 0.0696. The summed E-state index contributed by atoms with van der Waals surface area (Å²) in [4.78, 5) is 23.1. The average molecular weight is 277 g/mol. The molecule has 6 nitrogen and oxygen atoms in total. The van der Waals surface area contributed by atoms with Gasteiger partial charge in [0.1, 0.15) is 4.88 Å². The van der Waals surface area contributed by atoms with Crippen molar-refractivity contribution in [2.45, 2.75) is 13.5 Å². The molecule has 7 heteroatoms. The number of aromatic nitrogens is 2. The Balaban J connectivity index is 2.03. The zero-order chi connectivity index (χ0) is 13.8.